The molecular weight excluding hydrogens is 360 g/mol. The highest BCUT2D eigenvalue weighted by atomic mass is 16.6. The number of hydrogen-bond acceptors (Lipinski definition) is 6. The van der Waals surface area contributed by atoms with Gasteiger partial charge < -0.3 is 19.9 Å². The van der Waals surface area contributed by atoms with Crippen molar-refractivity contribution in [2.75, 3.05) is 49.5 Å². The first-order valence-electron chi connectivity index (χ1n) is 9.31. The molecule has 0 aliphatic carbocycles. The summed E-state index contributed by atoms with van der Waals surface area (Å²) < 4.78 is 5.37. The summed E-state index contributed by atoms with van der Waals surface area (Å²) in [5.74, 6) is -0.288. The fourth-order valence-electron chi connectivity index (χ4n) is 3.22. The number of nitrogens with zero attached hydrogens (tertiary/aromatic N) is 3. The average molecular weight is 384 g/mol. The van der Waals surface area contributed by atoms with Gasteiger partial charge in [-0.25, -0.2) is 0 Å². The zero-order valence-corrected chi connectivity index (χ0v) is 15.8. The van der Waals surface area contributed by atoms with Crippen LogP contribution in [0.15, 0.2) is 48.5 Å². The van der Waals surface area contributed by atoms with Crippen molar-refractivity contribution < 1.29 is 14.5 Å². The van der Waals surface area contributed by atoms with E-state index in [4.69, 9.17) is 4.74 Å². The summed E-state index contributed by atoms with van der Waals surface area (Å²) in [5, 5.41) is 13.9. The Labute approximate surface area is 163 Å². The van der Waals surface area contributed by atoms with Gasteiger partial charge in [-0.1, -0.05) is 31.2 Å². The summed E-state index contributed by atoms with van der Waals surface area (Å²) in [4.78, 5) is 27.5. The van der Waals surface area contributed by atoms with Gasteiger partial charge in [0.15, 0.2) is 12.4 Å². The number of piperazine rings is 1. The van der Waals surface area contributed by atoms with E-state index < -0.39 is 4.92 Å². The molecule has 2 aromatic rings. The summed E-state index contributed by atoms with van der Waals surface area (Å²) in [5.41, 5.74) is 1.52. The monoisotopic (exact) mass is 384 g/mol. The zero-order valence-electron chi connectivity index (χ0n) is 15.8. The number of carbonyl (C=O) groups is 1. The van der Waals surface area contributed by atoms with Crippen LogP contribution in [0.4, 0.5) is 17.1 Å². The lowest BCUT2D eigenvalue weighted by Gasteiger charge is -2.36. The van der Waals surface area contributed by atoms with Crippen LogP contribution in [0.1, 0.15) is 6.92 Å². The van der Waals surface area contributed by atoms with Crippen LogP contribution in [0.5, 0.6) is 5.75 Å². The molecule has 1 N–H and O–H groups in total. The molecule has 0 radical (unpaired) electrons. The highest BCUT2D eigenvalue weighted by Gasteiger charge is 2.19. The molecule has 3 rings (SSSR count). The number of nitro benzene ring substituents is 1. The van der Waals surface area contributed by atoms with Gasteiger partial charge in [0.1, 0.15) is 0 Å². The first kappa shape index (κ1) is 19.6. The van der Waals surface area contributed by atoms with E-state index in [1.54, 1.807) is 12.1 Å². The van der Waals surface area contributed by atoms with E-state index in [9.17, 15) is 14.9 Å². The van der Waals surface area contributed by atoms with E-state index in [0.29, 0.717) is 5.69 Å². The number of anilines is 2. The van der Waals surface area contributed by atoms with Crippen molar-refractivity contribution in [3.63, 3.8) is 0 Å². The van der Waals surface area contributed by atoms with Crippen molar-refractivity contribution in [3.05, 3.63) is 58.6 Å². The Morgan fingerprint density at radius 2 is 1.79 bits per heavy atom. The summed E-state index contributed by atoms with van der Waals surface area (Å²) >= 11 is 0. The van der Waals surface area contributed by atoms with Crippen LogP contribution in [0.25, 0.3) is 0 Å². The fraction of sp³-hybridized carbons (Fsp3) is 0.350. The van der Waals surface area contributed by atoms with E-state index in [1.165, 1.54) is 12.1 Å². The molecule has 1 heterocycles. The Bertz CT molecular complexity index is 834. The lowest BCUT2D eigenvalue weighted by molar-refractivity contribution is -0.385. The number of hydrogen-bond donors (Lipinski definition) is 1. The Morgan fingerprint density at radius 3 is 2.50 bits per heavy atom. The first-order valence-corrected chi connectivity index (χ1v) is 9.31. The van der Waals surface area contributed by atoms with Gasteiger partial charge in [-0.05, 0) is 24.7 Å². The number of amides is 1. The SMILES string of the molecule is CCN1CCN(c2ccccc2NC(=O)COc2ccccc2[N+](=O)[O-])CC1. The smallest absolute Gasteiger partial charge is 0.310 e. The number of rotatable bonds is 7. The van der Waals surface area contributed by atoms with Gasteiger partial charge in [-0.15, -0.1) is 0 Å². The standard InChI is InChI=1S/C20H24N4O4/c1-2-22-11-13-23(14-12-22)17-8-4-3-7-16(17)21-20(25)15-28-19-10-6-5-9-18(19)24(26)27/h3-10H,2,11-15H2,1H3,(H,21,25). The van der Waals surface area contributed by atoms with Crippen LogP contribution in [-0.4, -0.2) is 55.1 Å². The normalized spacial score (nSPS) is 14.5. The highest BCUT2D eigenvalue weighted by molar-refractivity contribution is 5.95. The topological polar surface area (TPSA) is 88.0 Å². The molecule has 1 aliphatic rings. The molecule has 0 aromatic heterocycles. The van der Waals surface area contributed by atoms with Gasteiger partial charge in [0.05, 0.1) is 16.3 Å². The van der Waals surface area contributed by atoms with E-state index in [2.05, 4.69) is 22.0 Å². The summed E-state index contributed by atoms with van der Waals surface area (Å²) in [6, 6.07) is 13.7. The molecule has 2 aromatic carbocycles. The second-order valence-electron chi connectivity index (χ2n) is 6.50. The predicted octanol–water partition coefficient (Wildman–Crippen LogP) is 2.75. The molecule has 8 nitrogen and oxygen atoms in total. The predicted molar refractivity (Wildman–Crippen MR) is 108 cm³/mol. The third kappa shape index (κ3) is 4.77. The molecule has 1 amide bonds. The van der Waals surface area contributed by atoms with Crippen LogP contribution in [0, 0.1) is 10.1 Å². The number of carbonyl (C=O) groups excluding carboxylic acids is 1. The van der Waals surface area contributed by atoms with Crippen LogP contribution in [0.2, 0.25) is 0 Å². The minimum absolute atomic E-state index is 0.0756. The molecule has 1 fully saturated rings. The van der Waals surface area contributed by atoms with Crippen LogP contribution >= 0.6 is 0 Å². The lowest BCUT2D eigenvalue weighted by atomic mass is 10.2. The first-order chi connectivity index (χ1) is 13.6. The highest BCUT2D eigenvalue weighted by Crippen LogP contribution is 2.28. The molecule has 0 spiro atoms. The van der Waals surface area contributed by atoms with E-state index in [-0.39, 0.29) is 24.0 Å². The molecule has 8 heteroatoms. The Morgan fingerprint density at radius 1 is 1.11 bits per heavy atom. The molecular formula is C20H24N4O4. The maximum Gasteiger partial charge on any atom is 0.310 e. The number of nitro groups is 1. The van der Waals surface area contributed by atoms with Gasteiger partial charge in [0.2, 0.25) is 0 Å². The van der Waals surface area contributed by atoms with E-state index in [0.717, 1.165) is 38.4 Å². The summed E-state index contributed by atoms with van der Waals surface area (Å²) in [6.07, 6.45) is 0. The summed E-state index contributed by atoms with van der Waals surface area (Å²) in [6.45, 7) is 6.65. The van der Waals surface area contributed by atoms with E-state index >= 15 is 0 Å². The average Bonchev–Trinajstić information content (AvgIpc) is 2.73. The summed E-state index contributed by atoms with van der Waals surface area (Å²) in [7, 11) is 0. The van der Waals surface area contributed by atoms with Gasteiger partial charge in [-0.2, -0.15) is 0 Å². The van der Waals surface area contributed by atoms with Crippen LogP contribution in [-0.2, 0) is 4.79 Å². The molecule has 28 heavy (non-hydrogen) atoms. The van der Waals surface area contributed by atoms with Crippen LogP contribution < -0.4 is 15.0 Å². The molecule has 0 atom stereocenters. The van der Waals surface area contributed by atoms with Crippen molar-refractivity contribution >= 4 is 23.0 Å². The minimum Gasteiger partial charge on any atom is -0.477 e. The fourth-order valence-corrected chi connectivity index (χ4v) is 3.22. The maximum absolute atomic E-state index is 12.4. The largest absolute Gasteiger partial charge is 0.477 e. The third-order valence-electron chi connectivity index (χ3n) is 4.76. The van der Waals surface area contributed by atoms with Crippen LogP contribution in [0.3, 0.4) is 0 Å². The van der Waals surface area contributed by atoms with E-state index in [1.807, 2.05) is 24.3 Å². The van der Waals surface area contributed by atoms with Crippen molar-refractivity contribution in [2.45, 2.75) is 6.92 Å². The third-order valence-corrected chi connectivity index (χ3v) is 4.76. The van der Waals surface area contributed by atoms with Gasteiger partial charge >= 0.3 is 5.69 Å². The van der Waals surface area contributed by atoms with Crippen molar-refractivity contribution in [3.8, 4) is 5.75 Å². The molecule has 1 aliphatic heterocycles. The second-order valence-corrected chi connectivity index (χ2v) is 6.50. The van der Waals surface area contributed by atoms with Gasteiger partial charge in [-0.3, -0.25) is 14.9 Å². The molecule has 0 bridgehead atoms. The van der Waals surface area contributed by atoms with Gasteiger partial charge in [0, 0.05) is 32.2 Å². The lowest BCUT2D eigenvalue weighted by Crippen LogP contribution is -2.46. The van der Waals surface area contributed by atoms with Crippen molar-refractivity contribution in [1.29, 1.82) is 0 Å². The number of likely N-dealkylation sites (N-methyl/N-ethyl adjacent to an activating group) is 1. The second kappa shape index (κ2) is 9.18. The quantitative estimate of drug-likeness (QED) is 0.583. The minimum atomic E-state index is -0.529. The zero-order chi connectivity index (χ0) is 19.9. The van der Waals surface area contributed by atoms with Crippen molar-refractivity contribution in [2.24, 2.45) is 0 Å². The van der Waals surface area contributed by atoms with Crippen molar-refractivity contribution in [1.82, 2.24) is 4.90 Å². The number of nitrogens with one attached hydrogen (secondary N) is 1. The Balaban J connectivity index is 1.63. The number of para-hydroxylation sites is 4. The van der Waals surface area contributed by atoms with Gasteiger partial charge in [0.25, 0.3) is 5.91 Å². The molecule has 0 saturated carbocycles. The molecule has 1 saturated heterocycles. The Hall–Kier alpha value is -3.13. The molecule has 148 valence electrons. The maximum atomic E-state index is 12.4. The number of benzene rings is 2. The number of ether oxygens (including phenoxy) is 1. The Kier molecular flexibility index (Phi) is 6.44. The molecule has 0 unspecified atom stereocenters.